The number of amides is 1. The van der Waals surface area contributed by atoms with E-state index in [0.29, 0.717) is 17.1 Å². The van der Waals surface area contributed by atoms with Crippen LogP contribution in [0.15, 0.2) is 36.7 Å². The first-order chi connectivity index (χ1) is 12.5. The van der Waals surface area contributed by atoms with Gasteiger partial charge in [0.2, 0.25) is 0 Å². The number of anilines is 2. The van der Waals surface area contributed by atoms with Gasteiger partial charge in [0.15, 0.2) is 0 Å². The minimum Gasteiger partial charge on any atom is -0.465 e. The highest BCUT2D eigenvalue weighted by Gasteiger charge is 2.11. The number of ether oxygens (including phenoxy) is 1. The van der Waals surface area contributed by atoms with Crippen molar-refractivity contribution >= 4 is 23.4 Å². The maximum atomic E-state index is 12.3. The molecular weight excluding hydrogens is 334 g/mol. The summed E-state index contributed by atoms with van der Waals surface area (Å²) in [6.07, 6.45) is 3.91. The minimum absolute atomic E-state index is 0.187. The molecule has 0 aliphatic heterocycles. The molecule has 0 spiro atoms. The van der Waals surface area contributed by atoms with Crippen molar-refractivity contribution in [3.63, 3.8) is 0 Å². The number of nitrogens with zero attached hydrogens (tertiary/aromatic N) is 3. The molecule has 0 aliphatic rings. The van der Waals surface area contributed by atoms with Crippen LogP contribution in [0.25, 0.3) is 0 Å². The molecule has 0 saturated carbocycles. The number of benzene rings is 1. The molecule has 1 amide bonds. The fourth-order valence-electron chi connectivity index (χ4n) is 2.19. The molecule has 2 aromatic rings. The van der Waals surface area contributed by atoms with Crippen molar-refractivity contribution in [2.24, 2.45) is 0 Å². The number of rotatable bonds is 8. The van der Waals surface area contributed by atoms with E-state index in [9.17, 15) is 9.59 Å². The second-order valence-electron chi connectivity index (χ2n) is 5.90. The van der Waals surface area contributed by atoms with Gasteiger partial charge in [0.05, 0.1) is 25.1 Å². The molecule has 8 heteroatoms. The zero-order valence-corrected chi connectivity index (χ0v) is 15.2. The van der Waals surface area contributed by atoms with Crippen molar-refractivity contribution in [2.45, 2.75) is 6.42 Å². The van der Waals surface area contributed by atoms with Crippen LogP contribution in [-0.4, -0.2) is 61.0 Å². The lowest BCUT2D eigenvalue weighted by Gasteiger charge is -2.10. The lowest BCUT2D eigenvalue weighted by Crippen LogP contribution is -2.17. The molecule has 1 heterocycles. The number of carbonyl (C=O) groups is 2. The molecule has 138 valence electrons. The number of esters is 1. The van der Waals surface area contributed by atoms with Gasteiger partial charge in [-0.1, -0.05) is 6.07 Å². The number of methoxy groups -OCH3 is 1. The summed E-state index contributed by atoms with van der Waals surface area (Å²) in [4.78, 5) is 34.2. The molecule has 0 aliphatic carbocycles. The van der Waals surface area contributed by atoms with E-state index in [1.54, 1.807) is 18.2 Å². The third kappa shape index (κ3) is 5.82. The second-order valence-corrected chi connectivity index (χ2v) is 5.90. The number of hydrogen-bond acceptors (Lipinski definition) is 7. The smallest absolute Gasteiger partial charge is 0.337 e. The highest BCUT2D eigenvalue weighted by Crippen LogP contribution is 2.13. The van der Waals surface area contributed by atoms with Gasteiger partial charge in [-0.3, -0.25) is 4.79 Å². The van der Waals surface area contributed by atoms with Crippen LogP contribution in [0.1, 0.15) is 27.3 Å². The first kappa shape index (κ1) is 19.3. The zero-order valence-electron chi connectivity index (χ0n) is 15.2. The molecule has 0 radical (unpaired) electrons. The summed E-state index contributed by atoms with van der Waals surface area (Å²) >= 11 is 0. The first-order valence-electron chi connectivity index (χ1n) is 8.20. The zero-order chi connectivity index (χ0) is 18.9. The fraction of sp³-hybridized carbons (Fsp3) is 0.333. The van der Waals surface area contributed by atoms with Gasteiger partial charge >= 0.3 is 5.97 Å². The largest absolute Gasteiger partial charge is 0.465 e. The molecule has 26 heavy (non-hydrogen) atoms. The van der Waals surface area contributed by atoms with Crippen LogP contribution >= 0.6 is 0 Å². The molecule has 1 aromatic carbocycles. The quantitative estimate of drug-likeness (QED) is 0.550. The van der Waals surface area contributed by atoms with E-state index in [4.69, 9.17) is 0 Å². The van der Waals surface area contributed by atoms with E-state index in [0.717, 1.165) is 19.5 Å². The van der Waals surface area contributed by atoms with Gasteiger partial charge in [0, 0.05) is 12.2 Å². The Morgan fingerprint density at radius 3 is 2.65 bits per heavy atom. The molecule has 0 atom stereocenters. The Morgan fingerprint density at radius 1 is 1.19 bits per heavy atom. The third-order valence-corrected chi connectivity index (χ3v) is 3.51. The van der Waals surface area contributed by atoms with Gasteiger partial charge in [-0.05, 0) is 45.3 Å². The normalized spacial score (nSPS) is 10.5. The lowest BCUT2D eigenvalue weighted by molar-refractivity contribution is 0.0600. The molecule has 2 N–H and O–H groups in total. The Balaban J connectivity index is 1.92. The van der Waals surface area contributed by atoms with E-state index < -0.39 is 11.9 Å². The fourth-order valence-corrected chi connectivity index (χ4v) is 2.19. The second kappa shape index (κ2) is 9.47. The summed E-state index contributed by atoms with van der Waals surface area (Å²) in [5.74, 6) is -0.253. The first-order valence-corrected chi connectivity index (χ1v) is 8.20. The van der Waals surface area contributed by atoms with Gasteiger partial charge in [0.25, 0.3) is 5.91 Å². The predicted octanol–water partition coefficient (Wildman–Crippen LogP) is 1.88. The van der Waals surface area contributed by atoms with Crippen LogP contribution in [-0.2, 0) is 4.74 Å². The Labute approximate surface area is 152 Å². The molecule has 1 aromatic heterocycles. The van der Waals surface area contributed by atoms with Crippen LogP contribution in [0, 0.1) is 0 Å². The monoisotopic (exact) mass is 357 g/mol. The molecule has 0 unspecified atom stereocenters. The maximum absolute atomic E-state index is 12.3. The van der Waals surface area contributed by atoms with Gasteiger partial charge in [-0.25, -0.2) is 14.8 Å². The summed E-state index contributed by atoms with van der Waals surface area (Å²) in [6, 6.07) is 6.49. The Bertz CT molecular complexity index is 747. The predicted molar refractivity (Wildman–Crippen MR) is 99.4 cm³/mol. The summed E-state index contributed by atoms with van der Waals surface area (Å²) in [6.45, 7) is 1.75. The minimum atomic E-state index is -0.467. The lowest BCUT2D eigenvalue weighted by atomic mass is 10.2. The maximum Gasteiger partial charge on any atom is 0.337 e. The van der Waals surface area contributed by atoms with E-state index in [1.807, 2.05) is 14.1 Å². The van der Waals surface area contributed by atoms with Crippen molar-refractivity contribution < 1.29 is 14.3 Å². The van der Waals surface area contributed by atoms with Crippen LogP contribution in [0.5, 0.6) is 0 Å². The van der Waals surface area contributed by atoms with Gasteiger partial charge in [0.1, 0.15) is 11.5 Å². The highest BCUT2D eigenvalue weighted by atomic mass is 16.5. The number of hydrogen-bond donors (Lipinski definition) is 2. The SMILES string of the molecule is COC(=O)c1cccc(NC(=O)c2cnc(NCCCN(C)C)cn2)c1. The van der Waals surface area contributed by atoms with E-state index in [-0.39, 0.29) is 5.69 Å². The number of aromatic nitrogens is 2. The van der Waals surface area contributed by atoms with Crippen molar-refractivity contribution in [1.82, 2.24) is 14.9 Å². The average Bonchev–Trinajstić information content (AvgIpc) is 2.65. The molecule has 2 rings (SSSR count). The highest BCUT2D eigenvalue weighted by molar-refractivity contribution is 6.03. The standard InChI is InChI=1S/C18H23N5O3/c1-23(2)9-5-8-19-16-12-20-15(11-21-16)17(24)22-14-7-4-6-13(10-14)18(25)26-3/h4,6-7,10-12H,5,8-9H2,1-3H3,(H,19,21)(H,22,24). The molecule has 0 fully saturated rings. The summed E-state index contributed by atoms with van der Waals surface area (Å²) in [7, 11) is 5.35. The molecular formula is C18H23N5O3. The topological polar surface area (TPSA) is 96.4 Å². The Kier molecular flexibility index (Phi) is 7.04. The summed E-state index contributed by atoms with van der Waals surface area (Å²) in [5.41, 5.74) is 1.02. The van der Waals surface area contributed by atoms with Crippen LogP contribution in [0.4, 0.5) is 11.5 Å². The average molecular weight is 357 g/mol. The van der Waals surface area contributed by atoms with Crippen molar-refractivity contribution in [2.75, 3.05) is 44.9 Å². The summed E-state index contributed by atoms with van der Waals surface area (Å²) in [5, 5.41) is 5.85. The van der Waals surface area contributed by atoms with Crippen LogP contribution in [0.2, 0.25) is 0 Å². The summed E-state index contributed by atoms with van der Waals surface area (Å²) < 4.78 is 4.66. The molecule has 8 nitrogen and oxygen atoms in total. The van der Waals surface area contributed by atoms with Crippen molar-refractivity contribution in [3.8, 4) is 0 Å². The van der Waals surface area contributed by atoms with Crippen LogP contribution in [0.3, 0.4) is 0 Å². The number of carbonyl (C=O) groups excluding carboxylic acids is 2. The van der Waals surface area contributed by atoms with E-state index in [1.165, 1.54) is 25.6 Å². The molecule has 0 bridgehead atoms. The Hall–Kier alpha value is -3.00. The number of nitrogens with one attached hydrogen (secondary N) is 2. The van der Waals surface area contributed by atoms with Crippen molar-refractivity contribution in [1.29, 1.82) is 0 Å². The van der Waals surface area contributed by atoms with E-state index in [2.05, 4.69) is 30.2 Å². The van der Waals surface area contributed by atoms with Gasteiger partial charge < -0.3 is 20.3 Å². The van der Waals surface area contributed by atoms with Crippen LogP contribution < -0.4 is 10.6 Å². The van der Waals surface area contributed by atoms with E-state index >= 15 is 0 Å². The van der Waals surface area contributed by atoms with Gasteiger partial charge in [-0.2, -0.15) is 0 Å². The Morgan fingerprint density at radius 2 is 2.00 bits per heavy atom. The molecule has 0 saturated heterocycles. The third-order valence-electron chi connectivity index (χ3n) is 3.51. The van der Waals surface area contributed by atoms with Gasteiger partial charge in [-0.15, -0.1) is 0 Å². The van der Waals surface area contributed by atoms with Crippen molar-refractivity contribution in [3.05, 3.63) is 47.9 Å².